The molecule has 116 valence electrons. The Morgan fingerprint density at radius 3 is 2.81 bits per heavy atom. The van der Waals surface area contributed by atoms with E-state index in [2.05, 4.69) is 17.1 Å². The molecule has 0 radical (unpaired) electrons. The molecular formula is C14H21N3O4. The lowest BCUT2D eigenvalue weighted by molar-refractivity contribution is -0.142. The summed E-state index contributed by atoms with van der Waals surface area (Å²) in [5.41, 5.74) is 0. The highest BCUT2D eigenvalue weighted by molar-refractivity contribution is 5.71. The summed E-state index contributed by atoms with van der Waals surface area (Å²) in [6.07, 6.45) is 2.52. The maximum atomic E-state index is 11.2. The molecule has 3 rings (SSSR count). The van der Waals surface area contributed by atoms with E-state index in [0.29, 0.717) is 24.9 Å². The summed E-state index contributed by atoms with van der Waals surface area (Å²) in [6, 6.07) is 0.453. The highest BCUT2D eigenvalue weighted by Gasteiger charge is 2.32. The van der Waals surface area contributed by atoms with Crippen molar-refractivity contribution in [2.75, 3.05) is 31.2 Å². The van der Waals surface area contributed by atoms with Gasteiger partial charge in [-0.25, -0.2) is 0 Å². The molecule has 0 amide bonds. The van der Waals surface area contributed by atoms with Crippen LogP contribution in [0.25, 0.3) is 0 Å². The Hall–Kier alpha value is -1.63. The summed E-state index contributed by atoms with van der Waals surface area (Å²) in [6.45, 7) is 4.72. The SMILES string of the molecule is CC1CC(C(=O)O)CN(c2nc(C3CCOCC3)no2)C1. The van der Waals surface area contributed by atoms with Gasteiger partial charge in [-0.3, -0.25) is 4.79 Å². The number of carboxylic acid groups (broad SMARTS) is 1. The van der Waals surface area contributed by atoms with Gasteiger partial charge in [0.1, 0.15) is 0 Å². The third-order valence-corrected chi connectivity index (χ3v) is 4.30. The fourth-order valence-corrected chi connectivity index (χ4v) is 3.16. The number of hydrogen-bond acceptors (Lipinski definition) is 6. The maximum Gasteiger partial charge on any atom is 0.324 e. The zero-order valence-corrected chi connectivity index (χ0v) is 12.2. The molecule has 2 aliphatic heterocycles. The van der Waals surface area contributed by atoms with Crippen LogP contribution < -0.4 is 4.90 Å². The van der Waals surface area contributed by atoms with Crippen molar-refractivity contribution in [2.45, 2.75) is 32.1 Å². The van der Waals surface area contributed by atoms with Crippen molar-refractivity contribution in [3.05, 3.63) is 5.82 Å². The van der Waals surface area contributed by atoms with Crippen molar-refractivity contribution >= 4 is 12.0 Å². The number of hydrogen-bond donors (Lipinski definition) is 1. The van der Waals surface area contributed by atoms with Crippen LogP contribution in [0.15, 0.2) is 4.52 Å². The lowest BCUT2D eigenvalue weighted by Gasteiger charge is -2.33. The van der Waals surface area contributed by atoms with Gasteiger partial charge < -0.3 is 19.3 Å². The molecule has 0 aliphatic carbocycles. The van der Waals surface area contributed by atoms with Gasteiger partial charge in [0.25, 0.3) is 0 Å². The van der Waals surface area contributed by atoms with Crippen molar-refractivity contribution in [3.8, 4) is 0 Å². The van der Waals surface area contributed by atoms with Gasteiger partial charge in [-0.15, -0.1) is 0 Å². The van der Waals surface area contributed by atoms with Gasteiger partial charge in [0, 0.05) is 32.2 Å². The zero-order valence-electron chi connectivity index (χ0n) is 12.2. The van der Waals surface area contributed by atoms with E-state index >= 15 is 0 Å². The van der Waals surface area contributed by atoms with Crippen LogP contribution in [0.4, 0.5) is 6.01 Å². The number of ether oxygens (including phenoxy) is 1. The number of aliphatic carboxylic acids is 1. The van der Waals surface area contributed by atoms with Crippen LogP contribution in [0.2, 0.25) is 0 Å². The minimum absolute atomic E-state index is 0.286. The molecule has 2 aliphatic rings. The Morgan fingerprint density at radius 1 is 1.33 bits per heavy atom. The molecule has 7 nitrogen and oxygen atoms in total. The van der Waals surface area contributed by atoms with E-state index in [9.17, 15) is 9.90 Å². The second-order valence-corrected chi connectivity index (χ2v) is 6.10. The van der Waals surface area contributed by atoms with E-state index in [0.717, 1.165) is 38.4 Å². The maximum absolute atomic E-state index is 11.2. The molecule has 0 spiro atoms. The summed E-state index contributed by atoms with van der Waals surface area (Å²) in [4.78, 5) is 17.6. The van der Waals surface area contributed by atoms with Gasteiger partial charge in [-0.2, -0.15) is 4.98 Å². The highest BCUT2D eigenvalue weighted by Crippen LogP contribution is 2.29. The normalized spacial score (nSPS) is 27.8. The summed E-state index contributed by atoms with van der Waals surface area (Å²) in [5.74, 6) is 0.188. The lowest BCUT2D eigenvalue weighted by Crippen LogP contribution is -2.42. The van der Waals surface area contributed by atoms with Crippen LogP contribution >= 0.6 is 0 Å². The number of nitrogens with zero attached hydrogens (tertiary/aromatic N) is 3. The first-order chi connectivity index (χ1) is 10.1. The monoisotopic (exact) mass is 295 g/mol. The zero-order chi connectivity index (χ0) is 14.8. The molecule has 7 heteroatoms. The van der Waals surface area contributed by atoms with E-state index in [1.807, 2.05) is 4.90 Å². The molecule has 1 aromatic rings. The minimum Gasteiger partial charge on any atom is -0.481 e. The Balaban J connectivity index is 1.71. The Morgan fingerprint density at radius 2 is 2.10 bits per heavy atom. The first kappa shape index (κ1) is 14.3. The number of carboxylic acids is 1. The number of aromatic nitrogens is 2. The standard InChI is InChI=1S/C14H21N3O4/c1-9-6-11(13(18)19)8-17(7-9)14-15-12(16-21-14)10-2-4-20-5-3-10/h9-11H,2-8H2,1H3,(H,18,19). The van der Waals surface area contributed by atoms with Gasteiger partial charge in [-0.1, -0.05) is 12.1 Å². The van der Waals surface area contributed by atoms with Crippen molar-refractivity contribution in [3.63, 3.8) is 0 Å². The molecule has 1 N–H and O–H groups in total. The van der Waals surface area contributed by atoms with Crippen molar-refractivity contribution in [2.24, 2.45) is 11.8 Å². The average molecular weight is 295 g/mol. The smallest absolute Gasteiger partial charge is 0.324 e. The van der Waals surface area contributed by atoms with Gasteiger partial charge in [0.2, 0.25) is 0 Å². The Bertz CT molecular complexity index is 498. The number of piperidine rings is 1. The van der Waals surface area contributed by atoms with E-state index < -0.39 is 5.97 Å². The Kier molecular flexibility index (Phi) is 4.10. The highest BCUT2D eigenvalue weighted by atomic mass is 16.5. The van der Waals surface area contributed by atoms with E-state index in [1.165, 1.54) is 0 Å². The van der Waals surface area contributed by atoms with Crippen LogP contribution in [0.5, 0.6) is 0 Å². The van der Waals surface area contributed by atoms with E-state index in [1.54, 1.807) is 0 Å². The molecule has 2 unspecified atom stereocenters. The summed E-state index contributed by atoms with van der Waals surface area (Å²) >= 11 is 0. The second-order valence-electron chi connectivity index (χ2n) is 6.10. The lowest BCUT2D eigenvalue weighted by atomic mass is 9.91. The van der Waals surface area contributed by atoms with Gasteiger partial charge in [-0.05, 0) is 25.2 Å². The molecular weight excluding hydrogens is 274 g/mol. The van der Waals surface area contributed by atoms with Gasteiger partial charge >= 0.3 is 12.0 Å². The molecule has 1 aromatic heterocycles. The molecule has 0 aromatic carbocycles. The fourth-order valence-electron chi connectivity index (χ4n) is 3.16. The quantitative estimate of drug-likeness (QED) is 0.904. The van der Waals surface area contributed by atoms with Crippen molar-refractivity contribution < 1.29 is 19.2 Å². The Labute approximate surface area is 123 Å². The van der Waals surface area contributed by atoms with E-state index in [4.69, 9.17) is 9.26 Å². The first-order valence-corrected chi connectivity index (χ1v) is 7.52. The van der Waals surface area contributed by atoms with Gasteiger partial charge in [0.15, 0.2) is 5.82 Å². The second kappa shape index (κ2) is 6.01. The third kappa shape index (κ3) is 3.18. The molecule has 3 heterocycles. The van der Waals surface area contributed by atoms with Gasteiger partial charge in [0.05, 0.1) is 5.92 Å². The summed E-state index contributed by atoms with van der Waals surface area (Å²) in [5, 5.41) is 13.3. The predicted molar refractivity (Wildman–Crippen MR) is 74.2 cm³/mol. The topological polar surface area (TPSA) is 88.7 Å². The van der Waals surface area contributed by atoms with Crippen molar-refractivity contribution in [1.29, 1.82) is 0 Å². The molecule has 21 heavy (non-hydrogen) atoms. The van der Waals surface area contributed by atoms with Crippen LogP contribution in [-0.4, -0.2) is 47.5 Å². The van der Waals surface area contributed by atoms with Crippen LogP contribution in [0.1, 0.15) is 37.9 Å². The summed E-state index contributed by atoms with van der Waals surface area (Å²) in [7, 11) is 0. The van der Waals surface area contributed by atoms with Crippen LogP contribution in [0, 0.1) is 11.8 Å². The van der Waals surface area contributed by atoms with Crippen LogP contribution in [-0.2, 0) is 9.53 Å². The molecule has 2 fully saturated rings. The number of anilines is 1. The summed E-state index contributed by atoms with van der Waals surface area (Å²) < 4.78 is 10.7. The largest absolute Gasteiger partial charge is 0.481 e. The number of rotatable bonds is 3. The third-order valence-electron chi connectivity index (χ3n) is 4.30. The predicted octanol–water partition coefficient (Wildman–Crippen LogP) is 1.51. The van der Waals surface area contributed by atoms with Crippen molar-refractivity contribution in [1.82, 2.24) is 10.1 Å². The van der Waals surface area contributed by atoms with E-state index in [-0.39, 0.29) is 11.8 Å². The molecule has 2 saturated heterocycles. The van der Waals surface area contributed by atoms with Crippen LogP contribution in [0.3, 0.4) is 0 Å². The molecule has 0 saturated carbocycles. The average Bonchev–Trinajstić information content (AvgIpc) is 2.97. The minimum atomic E-state index is -0.754. The molecule has 0 bridgehead atoms. The number of carbonyl (C=O) groups is 1. The fraction of sp³-hybridized carbons (Fsp3) is 0.786. The molecule has 2 atom stereocenters. The first-order valence-electron chi connectivity index (χ1n) is 7.52.